The SMILES string of the molecule is COC1C=CC(COC(c2ccccc2)(c2ccccc2)c2ccccc2)OC1O. The molecule has 0 saturated heterocycles. The summed E-state index contributed by atoms with van der Waals surface area (Å²) in [5.74, 6) is 0. The Morgan fingerprint density at radius 3 is 1.63 bits per heavy atom. The summed E-state index contributed by atoms with van der Waals surface area (Å²) in [6, 6.07) is 30.6. The first-order chi connectivity index (χ1) is 14.7. The Morgan fingerprint density at radius 2 is 1.23 bits per heavy atom. The molecule has 154 valence electrons. The molecule has 4 heteroatoms. The van der Waals surface area contributed by atoms with Gasteiger partial charge in [-0.2, -0.15) is 0 Å². The van der Waals surface area contributed by atoms with Crippen LogP contribution in [-0.2, 0) is 19.8 Å². The molecule has 3 atom stereocenters. The number of benzene rings is 3. The van der Waals surface area contributed by atoms with Crippen molar-refractivity contribution in [2.24, 2.45) is 0 Å². The van der Waals surface area contributed by atoms with Gasteiger partial charge in [-0.25, -0.2) is 0 Å². The smallest absolute Gasteiger partial charge is 0.185 e. The van der Waals surface area contributed by atoms with Crippen molar-refractivity contribution in [3.63, 3.8) is 0 Å². The lowest BCUT2D eigenvalue weighted by Crippen LogP contribution is -2.41. The fourth-order valence-electron chi connectivity index (χ4n) is 3.90. The fraction of sp³-hybridized carbons (Fsp3) is 0.231. The van der Waals surface area contributed by atoms with Gasteiger partial charge >= 0.3 is 0 Å². The highest BCUT2D eigenvalue weighted by Crippen LogP contribution is 2.40. The van der Waals surface area contributed by atoms with E-state index in [0.29, 0.717) is 0 Å². The molecule has 4 nitrogen and oxygen atoms in total. The third kappa shape index (κ3) is 4.09. The molecule has 3 aromatic rings. The van der Waals surface area contributed by atoms with Crippen molar-refractivity contribution in [1.82, 2.24) is 0 Å². The molecule has 0 bridgehead atoms. The van der Waals surface area contributed by atoms with Gasteiger partial charge in [-0.1, -0.05) is 103 Å². The first-order valence-corrected chi connectivity index (χ1v) is 10.1. The minimum Gasteiger partial charge on any atom is -0.372 e. The van der Waals surface area contributed by atoms with Crippen LogP contribution in [0, 0.1) is 0 Å². The molecule has 30 heavy (non-hydrogen) atoms. The highest BCUT2D eigenvalue weighted by molar-refractivity contribution is 5.47. The fourth-order valence-corrected chi connectivity index (χ4v) is 3.90. The molecule has 0 spiro atoms. The van der Waals surface area contributed by atoms with Gasteiger partial charge in [0.1, 0.15) is 17.8 Å². The molecular weight excluding hydrogens is 376 g/mol. The Kier molecular flexibility index (Phi) is 6.41. The van der Waals surface area contributed by atoms with Crippen LogP contribution in [0.1, 0.15) is 16.7 Å². The molecule has 3 unspecified atom stereocenters. The molecule has 1 N–H and O–H groups in total. The molecule has 3 aromatic carbocycles. The molecule has 0 radical (unpaired) electrons. The zero-order valence-electron chi connectivity index (χ0n) is 16.9. The molecule has 0 aliphatic carbocycles. The molecule has 1 aliphatic rings. The molecule has 0 aromatic heterocycles. The third-order valence-electron chi connectivity index (χ3n) is 5.39. The van der Waals surface area contributed by atoms with E-state index in [4.69, 9.17) is 14.2 Å². The van der Waals surface area contributed by atoms with E-state index in [9.17, 15) is 5.11 Å². The maximum atomic E-state index is 10.2. The number of hydrogen-bond donors (Lipinski definition) is 1. The number of hydrogen-bond acceptors (Lipinski definition) is 4. The van der Waals surface area contributed by atoms with Crippen LogP contribution in [-0.4, -0.2) is 37.3 Å². The summed E-state index contributed by atoms with van der Waals surface area (Å²) >= 11 is 0. The van der Waals surface area contributed by atoms with E-state index in [1.54, 1.807) is 7.11 Å². The molecule has 0 amide bonds. The van der Waals surface area contributed by atoms with E-state index in [0.717, 1.165) is 16.7 Å². The van der Waals surface area contributed by atoms with Crippen molar-refractivity contribution in [1.29, 1.82) is 0 Å². The van der Waals surface area contributed by atoms with E-state index in [1.807, 2.05) is 66.7 Å². The highest BCUT2D eigenvalue weighted by atomic mass is 16.6. The maximum absolute atomic E-state index is 10.2. The summed E-state index contributed by atoms with van der Waals surface area (Å²) in [5.41, 5.74) is 2.26. The maximum Gasteiger partial charge on any atom is 0.185 e. The summed E-state index contributed by atoms with van der Waals surface area (Å²) in [6.07, 6.45) is 1.82. The average Bonchev–Trinajstić information content (AvgIpc) is 2.82. The normalized spacial score (nSPS) is 21.5. The van der Waals surface area contributed by atoms with Crippen LogP contribution in [0.4, 0.5) is 0 Å². The second kappa shape index (κ2) is 9.37. The van der Waals surface area contributed by atoms with Gasteiger partial charge in [0.25, 0.3) is 0 Å². The largest absolute Gasteiger partial charge is 0.372 e. The highest BCUT2D eigenvalue weighted by Gasteiger charge is 2.38. The number of aliphatic hydroxyl groups is 1. The number of methoxy groups -OCH3 is 1. The van der Waals surface area contributed by atoms with Crippen LogP contribution in [0.2, 0.25) is 0 Å². The summed E-state index contributed by atoms with van der Waals surface area (Å²) in [5, 5.41) is 10.2. The van der Waals surface area contributed by atoms with Crippen LogP contribution in [0.5, 0.6) is 0 Å². The predicted molar refractivity (Wildman–Crippen MR) is 116 cm³/mol. The Morgan fingerprint density at radius 1 is 0.767 bits per heavy atom. The monoisotopic (exact) mass is 402 g/mol. The van der Waals surface area contributed by atoms with Crippen LogP contribution in [0.3, 0.4) is 0 Å². The summed E-state index contributed by atoms with van der Waals surface area (Å²) < 4.78 is 17.6. The van der Waals surface area contributed by atoms with Crippen molar-refractivity contribution < 1.29 is 19.3 Å². The number of ether oxygens (including phenoxy) is 3. The van der Waals surface area contributed by atoms with E-state index >= 15 is 0 Å². The van der Waals surface area contributed by atoms with Gasteiger partial charge in [0, 0.05) is 7.11 Å². The molecule has 0 saturated carbocycles. The molecule has 0 fully saturated rings. The first kappa shape index (κ1) is 20.5. The molecular formula is C26H26O4. The van der Waals surface area contributed by atoms with E-state index in [2.05, 4.69) is 36.4 Å². The van der Waals surface area contributed by atoms with Gasteiger partial charge in [0.05, 0.1) is 6.61 Å². The summed E-state index contributed by atoms with van der Waals surface area (Å²) in [7, 11) is 1.55. The Hall–Kier alpha value is -2.76. The lowest BCUT2D eigenvalue weighted by Gasteiger charge is -2.37. The third-order valence-corrected chi connectivity index (χ3v) is 5.39. The van der Waals surface area contributed by atoms with E-state index in [1.165, 1.54) is 0 Å². The van der Waals surface area contributed by atoms with Gasteiger partial charge in [0.2, 0.25) is 0 Å². The van der Waals surface area contributed by atoms with Crippen LogP contribution in [0.15, 0.2) is 103 Å². The molecule has 4 rings (SSSR count). The van der Waals surface area contributed by atoms with Crippen molar-refractivity contribution in [3.05, 3.63) is 120 Å². The average molecular weight is 402 g/mol. The minimum absolute atomic E-state index is 0.267. The van der Waals surface area contributed by atoms with Gasteiger partial charge in [-0.3, -0.25) is 0 Å². The van der Waals surface area contributed by atoms with Gasteiger partial charge in [-0.05, 0) is 16.7 Å². The van der Waals surface area contributed by atoms with Crippen LogP contribution in [0.25, 0.3) is 0 Å². The van der Waals surface area contributed by atoms with Gasteiger partial charge in [-0.15, -0.1) is 0 Å². The minimum atomic E-state index is -1.02. The zero-order chi connectivity index (χ0) is 20.8. The van der Waals surface area contributed by atoms with Gasteiger partial charge < -0.3 is 19.3 Å². The van der Waals surface area contributed by atoms with E-state index in [-0.39, 0.29) is 12.7 Å². The Balaban J connectivity index is 1.76. The molecule has 1 heterocycles. The standard InChI is InChI=1S/C26H26O4/c1-28-24-18-17-23(30-25(24)27)19-29-26(20-11-5-2-6-12-20,21-13-7-3-8-14-21)22-15-9-4-10-16-22/h2-18,23-25,27H,19H2,1H3. The van der Waals surface area contributed by atoms with Crippen LogP contribution < -0.4 is 0 Å². The Bertz CT molecular complexity index is 844. The topological polar surface area (TPSA) is 47.9 Å². The lowest BCUT2D eigenvalue weighted by molar-refractivity contribution is -0.195. The van der Waals surface area contributed by atoms with E-state index < -0.39 is 18.0 Å². The van der Waals surface area contributed by atoms with Gasteiger partial charge in [0.15, 0.2) is 6.29 Å². The summed E-state index contributed by atoms with van der Waals surface area (Å²) in [4.78, 5) is 0. The zero-order valence-corrected chi connectivity index (χ0v) is 16.9. The second-order valence-corrected chi connectivity index (χ2v) is 7.24. The number of rotatable bonds is 7. The lowest BCUT2D eigenvalue weighted by atomic mass is 9.80. The second-order valence-electron chi connectivity index (χ2n) is 7.24. The van der Waals surface area contributed by atoms with Crippen molar-refractivity contribution in [2.45, 2.75) is 24.1 Å². The van der Waals surface area contributed by atoms with Crippen molar-refractivity contribution in [3.8, 4) is 0 Å². The predicted octanol–water partition coefficient (Wildman–Crippen LogP) is 4.28. The Labute approximate surface area is 177 Å². The number of aliphatic hydroxyl groups excluding tert-OH is 1. The van der Waals surface area contributed by atoms with Crippen LogP contribution >= 0.6 is 0 Å². The molecule has 1 aliphatic heterocycles. The summed E-state index contributed by atoms with van der Waals surface area (Å²) in [6.45, 7) is 0.267. The first-order valence-electron chi connectivity index (χ1n) is 10.1. The van der Waals surface area contributed by atoms with Crippen molar-refractivity contribution >= 4 is 0 Å². The van der Waals surface area contributed by atoms with Crippen molar-refractivity contribution in [2.75, 3.05) is 13.7 Å². The quantitative estimate of drug-likeness (QED) is 0.473.